The van der Waals surface area contributed by atoms with Gasteiger partial charge in [-0.05, 0) is 31.5 Å². The lowest BCUT2D eigenvalue weighted by Gasteiger charge is -2.13. The molecule has 156 valence electrons. The number of nitro benzene ring substituents is 1. The van der Waals surface area contributed by atoms with Crippen LogP contribution < -0.4 is 0 Å². The number of fused-ring (bicyclic) bond motifs is 1. The Bertz CT molecular complexity index is 1240. The van der Waals surface area contributed by atoms with Crippen molar-refractivity contribution in [1.82, 2.24) is 9.47 Å². The highest BCUT2D eigenvalue weighted by Crippen LogP contribution is 2.27. The van der Waals surface area contributed by atoms with Crippen molar-refractivity contribution in [1.29, 1.82) is 0 Å². The average Bonchev–Trinajstić information content (AvgIpc) is 3.17. The Morgan fingerprint density at radius 3 is 2.32 bits per heavy atom. The number of aryl methyl sites for hydroxylation is 1. The minimum Gasteiger partial charge on any atom is -0.344 e. The summed E-state index contributed by atoms with van der Waals surface area (Å²) in [5.41, 5.74) is 2.90. The number of amides is 2. The number of hydrogen-bond acceptors (Lipinski definition) is 5. The van der Waals surface area contributed by atoms with E-state index in [9.17, 15) is 24.5 Å². The number of non-ortho nitro benzene ring substituents is 1. The van der Waals surface area contributed by atoms with Crippen molar-refractivity contribution in [2.24, 2.45) is 0 Å². The number of imide groups is 1. The van der Waals surface area contributed by atoms with E-state index in [1.165, 1.54) is 12.1 Å². The Kier molecular flexibility index (Phi) is 4.98. The first-order valence-corrected chi connectivity index (χ1v) is 9.66. The molecule has 0 aliphatic carbocycles. The van der Waals surface area contributed by atoms with E-state index in [1.807, 2.05) is 48.7 Å². The summed E-state index contributed by atoms with van der Waals surface area (Å²) in [6.07, 6.45) is 0. The van der Waals surface area contributed by atoms with Gasteiger partial charge in [-0.2, -0.15) is 0 Å². The quantitative estimate of drug-likeness (QED) is 0.264. The maximum absolute atomic E-state index is 13.0. The van der Waals surface area contributed by atoms with E-state index in [1.54, 1.807) is 6.07 Å². The molecule has 0 saturated carbocycles. The van der Waals surface area contributed by atoms with Crippen LogP contribution in [0.4, 0.5) is 5.69 Å². The zero-order valence-corrected chi connectivity index (χ0v) is 17.0. The molecule has 4 rings (SSSR count). The number of nitrogens with zero attached hydrogens (tertiary/aromatic N) is 3. The van der Waals surface area contributed by atoms with E-state index >= 15 is 0 Å². The summed E-state index contributed by atoms with van der Waals surface area (Å²) in [5, 5.41) is 11.0. The molecule has 8 nitrogen and oxygen atoms in total. The number of hydrogen-bond donors (Lipinski definition) is 0. The summed E-state index contributed by atoms with van der Waals surface area (Å²) in [6, 6.07) is 15.1. The third-order valence-electron chi connectivity index (χ3n) is 5.52. The highest BCUT2D eigenvalue weighted by molar-refractivity contribution is 6.23. The lowest BCUT2D eigenvalue weighted by atomic mass is 10.1. The monoisotopic (exact) mass is 417 g/mol. The highest BCUT2D eigenvalue weighted by atomic mass is 16.6. The largest absolute Gasteiger partial charge is 0.344 e. The van der Waals surface area contributed by atoms with Crippen LogP contribution in [-0.2, 0) is 6.54 Å². The van der Waals surface area contributed by atoms with E-state index in [2.05, 4.69) is 0 Å². The second-order valence-corrected chi connectivity index (χ2v) is 7.46. The van der Waals surface area contributed by atoms with E-state index < -0.39 is 23.3 Å². The van der Waals surface area contributed by atoms with Gasteiger partial charge in [0.15, 0.2) is 5.78 Å². The Labute approximate surface area is 177 Å². The van der Waals surface area contributed by atoms with Gasteiger partial charge in [0.25, 0.3) is 17.5 Å². The molecule has 0 saturated heterocycles. The van der Waals surface area contributed by atoms with Crippen LogP contribution in [0.1, 0.15) is 48.0 Å². The van der Waals surface area contributed by atoms with Crippen LogP contribution >= 0.6 is 0 Å². The molecule has 2 aromatic carbocycles. The Balaban J connectivity index is 1.58. The number of ketones is 1. The normalized spacial score (nSPS) is 12.9. The van der Waals surface area contributed by atoms with Crippen molar-refractivity contribution in [3.63, 3.8) is 0 Å². The van der Waals surface area contributed by atoms with Crippen LogP contribution in [0.3, 0.4) is 0 Å². The van der Waals surface area contributed by atoms with Crippen molar-refractivity contribution >= 4 is 23.3 Å². The van der Waals surface area contributed by atoms with Gasteiger partial charge in [0.2, 0.25) is 0 Å². The van der Waals surface area contributed by atoms with E-state index in [4.69, 9.17) is 0 Å². The van der Waals surface area contributed by atoms with Crippen molar-refractivity contribution in [3.8, 4) is 0 Å². The molecule has 1 aliphatic heterocycles. The van der Waals surface area contributed by atoms with Gasteiger partial charge in [0.05, 0.1) is 22.6 Å². The molecule has 0 atom stereocenters. The van der Waals surface area contributed by atoms with Crippen molar-refractivity contribution in [2.45, 2.75) is 20.4 Å². The molecule has 2 amide bonds. The molecule has 0 radical (unpaired) electrons. The summed E-state index contributed by atoms with van der Waals surface area (Å²) < 4.78 is 2.01. The topological polar surface area (TPSA) is 103 Å². The summed E-state index contributed by atoms with van der Waals surface area (Å²) in [4.78, 5) is 49.5. The first-order chi connectivity index (χ1) is 14.8. The molecule has 0 unspecified atom stereocenters. The Morgan fingerprint density at radius 1 is 0.968 bits per heavy atom. The number of carbonyl (C=O) groups excluding carboxylic acids is 3. The molecule has 1 aromatic heterocycles. The van der Waals surface area contributed by atoms with Gasteiger partial charge >= 0.3 is 0 Å². The summed E-state index contributed by atoms with van der Waals surface area (Å²) in [5.74, 6) is -1.69. The smallest absolute Gasteiger partial charge is 0.270 e. The van der Waals surface area contributed by atoms with Crippen molar-refractivity contribution in [3.05, 3.63) is 98.4 Å². The fourth-order valence-electron chi connectivity index (χ4n) is 3.86. The maximum atomic E-state index is 13.0. The van der Waals surface area contributed by atoms with Crippen LogP contribution in [0.5, 0.6) is 0 Å². The minimum absolute atomic E-state index is 0.0541. The molecular formula is C23H19N3O5. The third kappa shape index (κ3) is 3.52. The lowest BCUT2D eigenvalue weighted by Crippen LogP contribution is -2.35. The first kappa shape index (κ1) is 20.2. The predicted octanol–water partition coefficient (Wildman–Crippen LogP) is 3.54. The van der Waals surface area contributed by atoms with Gasteiger partial charge in [0, 0.05) is 35.6 Å². The van der Waals surface area contributed by atoms with E-state index in [-0.39, 0.29) is 22.6 Å². The van der Waals surface area contributed by atoms with Gasteiger partial charge in [0.1, 0.15) is 0 Å². The van der Waals surface area contributed by atoms with Gasteiger partial charge in [-0.1, -0.05) is 30.3 Å². The zero-order valence-electron chi connectivity index (χ0n) is 17.0. The highest BCUT2D eigenvalue weighted by Gasteiger charge is 2.38. The number of rotatable bonds is 6. The molecule has 31 heavy (non-hydrogen) atoms. The van der Waals surface area contributed by atoms with Gasteiger partial charge in [-0.3, -0.25) is 29.4 Å². The van der Waals surface area contributed by atoms with Gasteiger partial charge < -0.3 is 4.57 Å². The number of carbonyl (C=O) groups is 3. The molecule has 2 heterocycles. The Morgan fingerprint density at radius 2 is 1.65 bits per heavy atom. The summed E-state index contributed by atoms with van der Waals surface area (Å²) in [7, 11) is 0. The van der Waals surface area contributed by atoms with Crippen molar-refractivity contribution in [2.75, 3.05) is 6.54 Å². The second kappa shape index (κ2) is 7.64. The maximum Gasteiger partial charge on any atom is 0.270 e. The molecule has 3 aromatic rings. The molecule has 0 fully saturated rings. The standard InChI is InChI=1S/C23H19N3O5/c1-14-10-19(15(2)24(14)12-16-6-4-3-5-7-16)21(27)13-25-22(28)18-9-8-17(26(30)31)11-20(18)23(25)29/h3-11H,12-13H2,1-2H3. The number of nitro groups is 1. The third-order valence-corrected chi connectivity index (χ3v) is 5.52. The zero-order chi connectivity index (χ0) is 22.3. The molecule has 0 spiro atoms. The lowest BCUT2D eigenvalue weighted by molar-refractivity contribution is -0.384. The molecule has 8 heteroatoms. The molecule has 1 aliphatic rings. The first-order valence-electron chi connectivity index (χ1n) is 9.66. The Hall–Kier alpha value is -4.07. The SMILES string of the molecule is Cc1cc(C(=O)CN2C(=O)c3ccc([N+](=O)[O-])cc3C2=O)c(C)n1Cc1ccccc1. The van der Waals surface area contributed by atoms with Crippen LogP contribution in [0.25, 0.3) is 0 Å². The fourth-order valence-corrected chi connectivity index (χ4v) is 3.86. The molecule has 0 N–H and O–H groups in total. The summed E-state index contributed by atoms with van der Waals surface area (Å²) in [6.45, 7) is 3.90. The van der Waals surface area contributed by atoms with Gasteiger partial charge in [-0.25, -0.2) is 0 Å². The second-order valence-electron chi connectivity index (χ2n) is 7.46. The van der Waals surface area contributed by atoms with Crippen LogP contribution in [0, 0.1) is 24.0 Å². The number of benzene rings is 2. The van der Waals surface area contributed by atoms with Crippen LogP contribution in [-0.4, -0.2) is 38.5 Å². The van der Waals surface area contributed by atoms with Crippen LogP contribution in [0.15, 0.2) is 54.6 Å². The van der Waals surface area contributed by atoms with Crippen molar-refractivity contribution < 1.29 is 19.3 Å². The molecule has 0 bridgehead atoms. The number of aromatic nitrogens is 1. The minimum atomic E-state index is -0.699. The summed E-state index contributed by atoms with van der Waals surface area (Å²) >= 11 is 0. The van der Waals surface area contributed by atoms with Gasteiger partial charge in [-0.15, -0.1) is 0 Å². The van der Waals surface area contributed by atoms with Crippen LogP contribution in [0.2, 0.25) is 0 Å². The van der Waals surface area contributed by atoms with E-state index in [0.717, 1.165) is 27.9 Å². The van der Waals surface area contributed by atoms with E-state index in [0.29, 0.717) is 12.1 Å². The average molecular weight is 417 g/mol. The fraction of sp³-hybridized carbons (Fsp3) is 0.174. The number of Topliss-reactive ketones (excluding diaryl/α,β-unsaturated/α-hetero) is 1. The predicted molar refractivity (Wildman–Crippen MR) is 112 cm³/mol. The molecular weight excluding hydrogens is 398 g/mol.